The zero-order valence-corrected chi connectivity index (χ0v) is 16.1. The standard InChI is InChI=1S/C20H29ClN2O2/c1-18(2)13-23(17(24)16-5-4-10-19(16,3)22)12-11-20(18,25)14-6-8-15(21)9-7-14/h6-9,16,25H,4-5,10-13,22H2,1-3H3. The smallest absolute Gasteiger partial charge is 0.227 e. The van der Waals surface area contributed by atoms with E-state index in [-0.39, 0.29) is 11.8 Å². The van der Waals surface area contributed by atoms with E-state index in [1.54, 1.807) is 12.1 Å². The van der Waals surface area contributed by atoms with E-state index >= 15 is 0 Å². The molecule has 1 heterocycles. The van der Waals surface area contributed by atoms with Crippen molar-refractivity contribution < 1.29 is 9.90 Å². The Hall–Kier alpha value is -1.10. The second-order valence-corrected chi connectivity index (χ2v) is 9.15. The monoisotopic (exact) mass is 364 g/mol. The van der Waals surface area contributed by atoms with E-state index in [1.807, 2.05) is 37.8 Å². The van der Waals surface area contributed by atoms with Gasteiger partial charge in [-0.3, -0.25) is 4.79 Å². The summed E-state index contributed by atoms with van der Waals surface area (Å²) < 4.78 is 0. The van der Waals surface area contributed by atoms with Gasteiger partial charge < -0.3 is 15.7 Å². The highest BCUT2D eigenvalue weighted by Crippen LogP contribution is 2.47. The minimum absolute atomic E-state index is 0.106. The van der Waals surface area contributed by atoms with Gasteiger partial charge in [0, 0.05) is 29.1 Å². The molecular weight excluding hydrogens is 336 g/mol. The number of nitrogens with two attached hydrogens (primary N) is 1. The molecule has 5 heteroatoms. The minimum atomic E-state index is -0.976. The number of halogens is 1. The fraction of sp³-hybridized carbons (Fsp3) is 0.650. The van der Waals surface area contributed by atoms with Gasteiger partial charge in [0.15, 0.2) is 0 Å². The molecule has 3 rings (SSSR count). The molecule has 0 radical (unpaired) electrons. The number of carbonyl (C=O) groups excluding carboxylic acids is 1. The van der Waals surface area contributed by atoms with Gasteiger partial charge in [0.25, 0.3) is 0 Å². The summed E-state index contributed by atoms with van der Waals surface area (Å²) in [6, 6.07) is 7.38. The molecule has 1 aliphatic heterocycles. The summed E-state index contributed by atoms with van der Waals surface area (Å²) in [4.78, 5) is 15.0. The number of hydrogen-bond acceptors (Lipinski definition) is 3. The number of hydrogen-bond donors (Lipinski definition) is 2. The Balaban J connectivity index is 1.80. The van der Waals surface area contributed by atoms with Crippen LogP contribution in [0.4, 0.5) is 0 Å². The number of likely N-dealkylation sites (tertiary alicyclic amines) is 1. The van der Waals surface area contributed by atoms with Crippen molar-refractivity contribution in [1.82, 2.24) is 4.90 Å². The SMILES string of the molecule is CC1(N)CCCC1C(=O)N1CCC(O)(c2ccc(Cl)cc2)C(C)(C)C1. The zero-order valence-electron chi connectivity index (χ0n) is 15.4. The van der Waals surface area contributed by atoms with E-state index in [1.165, 1.54) is 0 Å². The van der Waals surface area contributed by atoms with Gasteiger partial charge in [0.2, 0.25) is 5.91 Å². The highest BCUT2D eigenvalue weighted by atomic mass is 35.5. The van der Waals surface area contributed by atoms with Gasteiger partial charge in [-0.25, -0.2) is 0 Å². The highest BCUT2D eigenvalue weighted by molar-refractivity contribution is 6.30. The topological polar surface area (TPSA) is 66.6 Å². The molecule has 0 bridgehead atoms. The van der Waals surface area contributed by atoms with Gasteiger partial charge in [0.05, 0.1) is 11.5 Å². The Kier molecular flexibility index (Phi) is 4.68. The average Bonchev–Trinajstić information content (AvgIpc) is 2.89. The summed E-state index contributed by atoms with van der Waals surface area (Å²) in [7, 11) is 0. The Morgan fingerprint density at radius 2 is 1.88 bits per heavy atom. The third-order valence-corrected chi connectivity index (χ3v) is 6.64. The molecule has 1 saturated heterocycles. The summed E-state index contributed by atoms with van der Waals surface area (Å²) in [6.45, 7) is 7.11. The van der Waals surface area contributed by atoms with E-state index in [9.17, 15) is 9.90 Å². The predicted molar refractivity (Wildman–Crippen MR) is 100 cm³/mol. The molecule has 1 aliphatic carbocycles. The maximum atomic E-state index is 13.0. The number of nitrogens with zero attached hydrogens (tertiary/aromatic N) is 1. The van der Waals surface area contributed by atoms with Gasteiger partial charge in [-0.2, -0.15) is 0 Å². The van der Waals surface area contributed by atoms with Crippen LogP contribution in [0.1, 0.15) is 52.0 Å². The number of benzene rings is 1. The predicted octanol–water partition coefficient (Wildman–Crippen LogP) is 3.30. The molecule has 1 aromatic carbocycles. The zero-order chi connectivity index (χ0) is 18.5. The highest BCUT2D eigenvalue weighted by Gasteiger charge is 2.51. The number of aliphatic hydroxyl groups is 1. The van der Waals surface area contributed by atoms with E-state index < -0.39 is 16.6 Å². The van der Waals surface area contributed by atoms with Crippen molar-refractivity contribution in [3.8, 4) is 0 Å². The summed E-state index contributed by atoms with van der Waals surface area (Å²) in [5.74, 6) is 0.0405. The fourth-order valence-corrected chi connectivity index (χ4v) is 4.71. The normalized spacial score (nSPS) is 35.0. The molecule has 4 nitrogen and oxygen atoms in total. The van der Waals surface area contributed by atoms with Crippen LogP contribution in [0.3, 0.4) is 0 Å². The van der Waals surface area contributed by atoms with Crippen LogP contribution in [-0.4, -0.2) is 34.5 Å². The molecule has 0 aromatic heterocycles. The first-order chi connectivity index (χ1) is 11.6. The van der Waals surface area contributed by atoms with Crippen LogP contribution >= 0.6 is 11.6 Å². The second kappa shape index (κ2) is 6.26. The molecule has 1 aromatic rings. The van der Waals surface area contributed by atoms with Crippen molar-refractivity contribution >= 4 is 17.5 Å². The first-order valence-electron chi connectivity index (χ1n) is 9.13. The Labute approximate surface area is 155 Å². The molecule has 138 valence electrons. The molecular formula is C20H29ClN2O2. The Morgan fingerprint density at radius 1 is 1.24 bits per heavy atom. The van der Waals surface area contributed by atoms with Gasteiger partial charge in [-0.05, 0) is 43.9 Å². The maximum absolute atomic E-state index is 13.0. The molecule has 3 N–H and O–H groups in total. The lowest BCUT2D eigenvalue weighted by Gasteiger charge is -2.51. The van der Waals surface area contributed by atoms with Crippen LogP contribution in [0, 0.1) is 11.3 Å². The number of rotatable bonds is 2. The molecule has 3 atom stereocenters. The largest absolute Gasteiger partial charge is 0.384 e. The van der Waals surface area contributed by atoms with Crippen molar-refractivity contribution in [2.45, 2.75) is 57.6 Å². The minimum Gasteiger partial charge on any atom is -0.384 e. The van der Waals surface area contributed by atoms with E-state index in [0.717, 1.165) is 24.8 Å². The van der Waals surface area contributed by atoms with Crippen molar-refractivity contribution in [2.75, 3.05) is 13.1 Å². The van der Waals surface area contributed by atoms with Crippen LogP contribution < -0.4 is 5.73 Å². The molecule has 0 spiro atoms. The van der Waals surface area contributed by atoms with E-state index in [4.69, 9.17) is 17.3 Å². The third kappa shape index (κ3) is 3.20. The van der Waals surface area contributed by atoms with E-state index in [0.29, 0.717) is 24.5 Å². The average molecular weight is 365 g/mol. The first-order valence-corrected chi connectivity index (χ1v) is 9.51. The number of amides is 1. The summed E-state index contributed by atoms with van der Waals surface area (Å²) in [6.07, 6.45) is 3.29. The fourth-order valence-electron chi connectivity index (χ4n) is 4.59. The van der Waals surface area contributed by atoms with Crippen molar-refractivity contribution in [3.05, 3.63) is 34.9 Å². The summed E-state index contributed by atoms with van der Waals surface area (Å²) in [5, 5.41) is 12.1. The third-order valence-electron chi connectivity index (χ3n) is 6.39. The molecule has 3 unspecified atom stereocenters. The van der Waals surface area contributed by atoms with Crippen molar-refractivity contribution in [1.29, 1.82) is 0 Å². The number of carbonyl (C=O) groups is 1. The summed E-state index contributed by atoms with van der Waals surface area (Å²) in [5.41, 5.74) is 5.36. The van der Waals surface area contributed by atoms with E-state index in [2.05, 4.69) is 0 Å². The molecule has 2 aliphatic rings. The van der Waals surface area contributed by atoms with Crippen LogP contribution in [0.5, 0.6) is 0 Å². The molecule has 1 saturated carbocycles. The Morgan fingerprint density at radius 3 is 2.40 bits per heavy atom. The lowest BCUT2D eigenvalue weighted by Crippen LogP contribution is -2.59. The van der Waals surface area contributed by atoms with Gasteiger partial charge >= 0.3 is 0 Å². The van der Waals surface area contributed by atoms with Gasteiger partial charge in [0.1, 0.15) is 0 Å². The number of piperidine rings is 1. The van der Waals surface area contributed by atoms with Crippen molar-refractivity contribution in [2.24, 2.45) is 17.1 Å². The molecule has 2 fully saturated rings. The Bertz CT molecular complexity index is 656. The van der Waals surface area contributed by atoms with Gasteiger partial charge in [-0.1, -0.05) is 44.0 Å². The van der Waals surface area contributed by atoms with Crippen LogP contribution in [0.25, 0.3) is 0 Å². The van der Waals surface area contributed by atoms with Crippen LogP contribution in [0.2, 0.25) is 5.02 Å². The lowest BCUT2D eigenvalue weighted by molar-refractivity contribution is -0.157. The molecule has 25 heavy (non-hydrogen) atoms. The van der Waals surface area contributed by atoms with Crippen LogP contribution in [0.15, 0.2) is 24.3 Å². The van der Waals surface area contributed by atoms with Crippen LogP contribution in [-0.2, 0) is 10.4 Å². The first kappa shape index (κ1) is 18.7. The molecule has 1 amide bonds. The van der Waals surface area contributed by atoms with Gasteiger partial charge in [-0.15, -0.1) is 0 Å². The lowest BCUT2D eigenvalue weighted by atomic mass is 9.66. The second-order valence-electron chi connectivity index (χ2n) is 8.71. The quantitative estimate of drug-likeness (QED) is 0.846. The maximum Gasteiger partial charge on any atom is 0.227 e. The van der Waals surface area contributed by atoms with Crippen molar-refractivity contribution in [3.63, 3.8) is 0 Å². The summed E-state index contributed by atoms with van der Waals surface area (Å²) >= 11 is 5.98.